The Bertz CT molecular complexity index is 1500. The molecule has 6 rings (SSSR count). The standard InChI is InChI=1S/C13H19B2N3O15P3.C10H15N2OS.W.Y/c14-12-8(19)9-6(29-12)3-27-36(24,25)32-10-7(4-28-35(22,23)31-9)30-13(15)11(10)33-34(20,21)26-2-5-1-16-18-17-5;1-2-3-4-5-8-9-7(6-14-8)11-10(13)12-9;;/h1,6-13,19H,2-4H2,(H3-,16,17,18,20,21,22,23,24,25);7-9H,2-6H2,(H2,11,12,13);;/q2*-1;;/p-2/t6-,7-,8?,9+,10?,11+,12-,13-;;;/m1.../s1. The summed E-state index contributed by atoms with van der Waals surface area (Å²) in [7, 11) is -4.13. The topological polar surface area (TPSA) is 293 Å². The quantitative estimate of drug-likeness (QED) is 0.0608. The zero-order valence-corrected chi connectivity index (χ0v) is 36.2. The predicted octanol–water partition coefficient (Wildman–Crippen LogP) is -2.73. The molecule has 2 amide bonds. The third-order valence-electron chi connectivity index (χ3n) is 8.03. The van der Waals surface area contributed by atoms with Gasteiger partial charge in [0, 0.05) is 44.7 Å². The van der Waals surface area contributed by atoms with Gasteiger partial charge in [0.25, 0.3) is 15.6 Å². The molecule has 5 aliphatic heterocycles. The van der Waals surface area contributed by atoms with Crippen molar-refractivity contribution in [3.8, 4) is 0 Å². The first-order chi connectivity index (χ1) is 24.1. The Kier molecular flexibility index (Phi) is 17.4. The van der Waals surface area contributed by atoms with E-state index in [2.05, 4.69) is 35.0 Å². The zero-order chi connectivity index (χ0) is 37.0. The van der Waals surface area contributed by atoms with E-state index in [1.807, 2.05) is 11.8 Å². The van der Waals surface area contributed by atoms with Crippen LogP contribution in [0.25, 0.3) is 0 Å². The summed E-state index contributed by atoms with van der Waals surface area (Å²) in [6.07, 6.45) is -3.97. The molecule has 5 saturated heterocycles. The number of phosphoric ester groups is 3. The van der Waals surface area contributed by atoms with Gasteiger partial charge >= 0.3 is 114 Å². The Morgan fingerprint density at radius 1 is 1.15 bits per heavy atom. The number of ether oxygens (including phenoxy) is 2. The Morgan fingerprint density at radius 2 is 1.87 bits per heavy atom. The number of urea groups is 1. The summed E-state index contributed by atoms with van der Waals surface area (Å²) >= 11 is 3.45. The zero-order valence-electron chi connectivity index (χ0n) is 26.9. The second-order valence-corrected chi connectivity index (χ2v) is 18.1. The number of aromatic nitrogens is 3. The first-order valence-corrected chi connectivity index (χ1v) is 22.3. The fourth-order valence-corrected chi connectivity index (χ4v) is 10.5. The van der Waals surface area contributed by atoms with Crippen LogP contribution in [0.5, 0.6) is 0 Å². The van der Waals surface area contributed by atoms with Crippen molar-refractivity contribution in [1.29, 1.82) is 0 Å². The van der Waals surface area contributed by atoms with Crippen LogP contribution in [0.1, 0.15) is 31.4 Å². The summed E-state index contributed by atoms with van der Waals surface area (Å²) in [5.74, 6) is 1.07. The van der Waals surface area contributed by atoms with Gasteiger partial charge in [-0.3, -0.25) is 23.4 Å². The summed E-state index contributed by atoms with van der Waals surface area (Å²) in [6, 6.07) is -2.26. The van der Waals surface area contributed by atoms with Crippen molar-refractivity contribution in [1.82, 2.24) is 26.0 Å². The second kappa shape index (κ2) is 20.0. The van der Waals surface area contributed by atoms with E-state index < -0.39 is 91.9 Å². The molecule has 21 nitrogen and oxygen atoms in total. The van der Waals surface area contributed by atoms with E-state index in [0.717, 1.165) is 18.4 Å². The minimum atomic E-state index is -5.18. The van der Waals surface area contributed by atoms with Crippen molar-refractivity contribution in [2.75, 3.05) is 19.0 Å². The summed E-state index contributed by atoms with van der Waals surface area (Å²) < 4.78 is 79.8. The molecule has 5 fully saturated rings. The van der Waals surface area contributed by atoms with E-state index >= 15 is 0 Å². The number of unbranched alkanes of at least 4 members (excludes halogenated alkanes) is 2. The van der Waals surface area contributed by atoms with Gasteiger partial charge in [0.05, 0.1) is 19.8 Å². The molecule has 8 unspecified atom stereocenters. The van der Waals surface area contributed by atoms with Crippen molar-refractivity contribution >= 4 is 61.4 Å². The van der Waals surface area contributed by atoms with Crippen LogP contribution >= 0.6 is 35.2 Å². The van der Waals surface area contributed by atoms with Crippen molar-refractivity contribution in [3.63, 3.8) is 0 Å². The van der Waals surface area contributed by atoms with Gasteiger partial charge in [0.15, 0.2) is 0 Å². The van der Waals surface area contributed by atoms with Crippen LogP contribution in [0, 0.1) is 0 Å². The molecule has 0 spiro atoms. The normalized spacial score (nSPS) is 41.2. The summed E-state index contributed by atoms with van der Waals surface area (Å²) in [6.45, 7) is -2.38. The monoisotopic (exact) mass is 1050 g/mol. The van der Waals surface area contributed by atoms with E-state index in [4.69, 9.17) is 47.8 Å². The molecule has 1 aromatic heterocycles. The molecule has 0 saturated carbocycles. The van der Waals surface area contributed by atoms with Crippen LogP contribution in [0.4, 0.5) is 4.79 Å². The molecule has 14 atom stereocenters. The molecular formula is C23H32B2N5O16P3SWY-4. The molecule has 0 aliphatic carbocycles. The van der Waals surface area contributed by atoms with Crippen LogP contribution in [0.15, 0.2) is 6.20 Å². The molecule has 52 heavy (non-hydrogen) atoms. The van der Waals surface area contributed by atoms with E-state index in [0.29, 0.717) is 17.3 Å². The number of amides is 2. The van der Waals surface area contributed by atoms with Gasteiger partial charge in [-0.1, -0.05) is 6.20 Å². The number of hydrogen-bond donors (Lipinski definition) is 4. The van der Waals surface area contributed by atoms with Crippen LogP contribution in [0.2, 0.25) is 0 Å². The largest absolute Gasteiger partial charge is 0.756 e. The molecule has 1 aromatic rings. The maximum Gasteiger partial charge on any atom is 0.472 e. The predicted molar refractivity (Wildman–Crippen MR) is 166 cm³/mol. The number of phosphoric acid groups is 3. The molecule has 6 heterocycles. The molecular weight excluding hydrogens is 1020 g/mol. The van der Waals surface area contributed by atoms with Gasteiger partial charge in [0.2, 0.25) is 0 Å². The minimum absolute atomic E-state index is 0. The number of aliphatic hydroxyl groups is 1. The first kappa shape index (κ1) is 45.5. The number of nitrogens with zero attached hydrogens (tertiary/aromatic N) is 3. The number of hydrogen-bond acceptors (Lipinski definition) is 18. The molecule has 5 aliphatic rings. The van der Waals surface area contributed by atoms with Gasteiger partial charge in [-0.05, 0) is 5.69 Å². The van der Waals surface area contributed by atoms with Gasteiger partial charge in [-0.25, -0.2) is 4.57 Å². The Morgan fingerprint density at radius 3 is 2.58 bits per heavy atom. The maximum atomic E-state index is 12.6. The fraction of sp³-hybridized carbons (Fsp3) is 0.826. The van der Waals surface area contributed by atoms with Crippen molar-refractivity contribution < 1.29 is 127 Å². The van der Waals surface area contributed by atoms with Gasteiger partial charge in [-0.2, -0.15) is 0 Å². The molecule has 5 radical (unpaired) electrons. The number of thioether (sulfide) groups is 1. The number of carbonyl (C=O) groups is 1. The molecule has 0 aromatic carbocycles. The third-order valence-corrected chi connectivity index (χ3v) is 13.2. The molecule has 29 heteroatoms. The minimum Gasteiger partial charge on any atom is -0.756 e. The van der Waals surface area contributed by atoms with Crippen LogP contribution in [-0.2, 0) is 109 Å². The second-order valence-electron chi connectivity index (χ2n) is 11.6. The Hall–Kier alpha value is 0.762. The SMILES string of the molecule is O=C1NC2CSC(CCCC[C-]=[W])C2N1.[B][C@@H]1O[C@@H]2COP(=O)(O)OC3[C@@H](COP(=O)([O-])O[C@@H]2C1O)O[C@@H]([B])[C@H]3OP(=O)([O-])OCc1c[n-]nn1.[Y]. The molecule has 4 N–H and O–H groups in total. The summed E-state index contributed by atoms with van der Waals surface area (Å²) in [4.78, 5) is 46.0. The molecule has 0 bridgehead atoms. The Labute approximate surface area is 341 Å². The molecule has 285 valence electrons. The van der Waals surface area contributed by atoms with E-state index in [-0.39, 0.29) is 44.4 Å². The summed E-state index contributed by atoms with van der Waals surface area (Å²) in [5.41, 5.74) is 0.0481. The van der Waals surface area contributed by atoms with E-state index in [9.17, 15) is 38.3 Å². The number of carbonyl (C=O) groups excluding carboxylic acids is 1. The first-order valence-electron chi connectivity index (χ1n) is 15.3. The average molecular weight is 1050 g/mol. The van der Waals surface area contributed by atoms with E-state index in [1.165, 1.54) is 38.6 Å². The Balaban J connectivity index is 0.000000316. The van der Waals surface area contributed by atoms with Crippen molar-refractivity contribution in [3.05, 3.63) is 11.9 Å². The van der Waals surface area contributed by atoms with Gasteiger partial charge in [0.1, 0.15) is 52.3 Å². The van der Waals surface area contributed by atoms with Crippen LogP contribution in [0.3, 0.4) is 0 Å². The van der Waals surface area contributed by atoms with Crippen molar-refractivity contribution in [2.45, 2.75) is 98.3 Å². The number of rotatable bonds is 10. The van der Waals surface area contributed by atoms with E-state index in [1.54, 1.807) is 0 Å². The van der Waals surface area contributed by atoms with Gasteiger partial charge < -0.3 is 57.6 Å². The third kappa shape index (κ3) is 12.6. The number of nitrogens with one attached hydrogen (secondary N) is 2. The van der Waals surface area contributed by atoms with Crippen LogP contribution < -0.4 is 25.5 Å². The van der Waals surface area contributed by atoms with Crippen molar-refractivity contribution in [2.24, 2.45) is 0 Å². The number of fused-ring (bicyclic) bond motifs is 3. The maximum absolute atomic E-state index is 12.6. The smallest absolute Gasteiger partial charge is 0.472 e. The summed E-state index contributed by atoms with van der Waals surface area (Å²) in [5, 5.41) is 26.8. The number of aliphatic hydroxyl groups excluding tert-OH is 1. The van der Waals surface area contributed by atoms with Crippen LogP contribution in [-0.4, -0.2) is 131 Å². The van der Waals surface area contributed by atoms with Gasteiger partial charge in [-0.15, -0.1) is 0 Å². The fourth-order valence-electron chi connectivity index (χ4n) is 5.64. The average Bonchev–Trinajstić information content (AvgIpc) is 3.88.